The molecule has 1 saturated heterocycles. The van der Waals surface area contributed by atoms with Crippen molar-refractivity contribution in [2.75, 3.05) is 6.54 Å². The Hall–Kier alpha value is -2.60. The monoisotopic (exact) mass is 325 g/mol. The Labute approximate surface area is 138 Å². The number of aliphatic imine (C=N–C) groups is 1. The van der Waals surface area contributed by atoms with Crippen LogP contribution in [0.2, 0.25) is 0 Å². The molecule has 6 heteroatoms. The van der Waals surface area contributed by atoms with E-state index in [1.807, 2.05) is 25.1 Å². The number of carbonyl (C=O) groups is 1. The van der Waals surface area contributed by atoms with Gasteiger partial charge in [0, 0.05) is 18.3 Å². The third-order valence-corrected chi connectivity index (χ3v) is 4.11. The molecule has 5 nitrogen and oxygen atoms in total. The smallest absolute Gasteiger partial charge is 0.267 e. The van der Waals surface area contributed by atoms with Crippen molar-refractivity contribution in [3.8, 4) is 0 Å². The van der Waals surface area contributed by atoms with Gasteiger partial charge in [0.25, 0.3) is 5.91 Å². The number of nitrogens with zero attached hydrogens (tertiary/aromatic N) is 3. The number of carbonyl (C=O) groups excluding carboxylic acids is 1. The predicted octanol–water partition coefficient (Wildman–Crippen LogP) is 3.77. The zero-order chi connectivity index (χ0) is 16.2. The number of aromatic nitrogens is 1. The number of amides is 1. The molecule has 1 amide bonds. The number of furan rings is 1. The second-order valence-electron chi connectivity index (χ2n) is 4.86. The molecule has 0 atom stereocenters. The van der Waals surface area contributed by atoms with Crippen molar-refractivity contribution in [3.05, 3.63) is 65.6 Å². The van der Waals surface area contributed by atoms with Crippen molar-refractivity contribution in [1.82, 2.24) is 9.88 Å². The fourth-order valence-electron chi connectivity index (χ4n) is 2.07. The van der Waals surface area contributed by atoms with E-state index in [9.17, 15) is 4.79 Å². The number of aryl methyl sites for hydroxylation is 1. The summed E-state index contributed by atoms with van der Waals surface area (Å²) < 4.78 is 5.28. The quantitative estimate of drug-likeness (QED) is 0.634. The van der Waals surface area contributed by atoms with Crippen LogP contribution in [0.5, 0.6) is 0 Å². The lowest BCUT2D eigenvalue weighted by molar-refractivity contribution is -0.121. The molecule has 23 heavy (non-hydrogen) atoms. The molecule has 1 fully saturated rings. The minimum absolute atomic E-state index is 0.113. The highest BCUT2D eigenvalue weighted by Gasteiger charge is 2.32. The van der Waals surface area contributed by atoms with Crippen molar-refractivity contribution in [3.63, 3.8) is 0 Å². The van der Waals surface area contributed by atoms with Crippen LogP contribution in [0, 0.1) is 6.92 Å². The summed E-state index contributed by atoms with van der Waals surface area (Å²) in [6.45, 7) is 6.00. The van der Waals surface area contributed by atoms with Gasteiger partial charge in [0.05, 0.1) is 11.2 Å². The van der Waals surface area contributed by atoms with Gasteiger partial charge in [0.15, 0.2) is 11.0 Å². The maximum atomic E-state index is 12.5. The van der Waals surface area contributed by atoms with E-state index in [-0.39, 0.29) is 5.91 Å². The van der Waals surface area contributed by atoms with Crippen LogP contribution in [-0.2, 0) is 4.79 Å². The van der Waals surface area contributed by atoms with Crippen LogP contribution in [0.3, 0.4) is 0 Å². The van der Waals surface area contributed by atoms with Crippen LogP contribution in [0.4, 0.5) is 5.82 Å². The Bertz CT molecular complexity index is 794. The third-order valence-electron chi connectivity index (χ3n) is 3.10. The van der Waals surface area contributed by atoms with E-state index >= 15 is 0 Å². The van der Waals surface area contributed by atoms with Gasteiger partial charge in [-0.3, -0.25) is 9.69 Å². The lowest BCUT2D eigenvalue weighted by atomic mass is 10.3. The average Bonchev–Trinajstić information content (AvgIpc) is 3.12. The van der Waals surface area contributed by atoms with Gasteiger partial charge in [0.2, 0.25) is 0 Å². The Balaban J connectivity index is 1.95. The molecule has 1 aliphatic rings. The van der Waals surface area contributed by atoms with Gasteiger partial charge in [-0.1, -0.05) is 12.1 Å². The van der Waals surface area contributed by atoms with Crippen LogP contribution in [-0.4, -0.2) is 27.5 Å². The molecule has 116 valence electrons. The first-order valence-corrected chi connectivity index (χ1v) is 7.87. The number of amidine groups is 1. The summed E-state index contributed by atoms with van der Waals surface area (Å²) in [5.41, 5.74) is 0.878. The summed E-state index contributed by atoms with van der Waals surface area (Å²) in [6, 6.07) is 9.19. The molecule has 0 radical (unpaired) electrons. The van der Waals surface area contributed by atoms with Crippen molar-refractivity contribution in [2.24, 2.45) is 4.99 Å². The van der Waals surface area contributed by atoms with E-state index < -0.39 is 0 Å². The van der Waals surface area contributed by atoms with E-state index in [0.29, 0.717) is 28.2 Å². The first-order valence-electron chi connectivity index (χ1n) is 7.05. The van der Waals surface area contributed by atoms with Crippen LogP contribution in [0.1, 0.15) is 11.5 Å². The molecule has 3 heterocycles. The minimum atomic E-state index is -0.113. The first-order chi connectivity index (χ1) is 11.2. The largest absolute Gasteiger partial charge is 0.465 e. The maximum Gasteiger partial charge on any atom is 0.267 e. The van der Waals surface area contributed by atoms with Crippen LogP contribution in [0.25, 0.3) is 6.08 Å². The van der Waals surface area contributed by atoms with Gasteiger partial charge in [-0.2, -0.15) is 0 Å². The predicted molar refractivity (Wildman–Crippen MR) is 92.3 cm³/mol. The Morgan fingerprint density at radius 3 is 2.96 bits per heavy atom. The van der Waals surface area contributed by atoms with Crippen molar-refractivity contribution >= 4 is 34.7 Å². The van der Waals surface area contributed by atoms with Gasteiger partial charge >= 0.3 is 0 Å². The number of pyridine rings is 1. The lowest BCUT2D eigenvalue weighted by Gasteiger charge is -2.12. The SMILES string of the molecule is C=CCN1C(=O)/C(=C\c2ccco2)S/C1=N/c1cccc(C)n1. The van der Waals surface area contributed by atoms with Crippen molar-refractivity contribution in [1.29, 1.82) is 0 Å². The first kappa shape index (κ1) is 15.3. The molecule has 0 saturated carbocycles. The highest BCUT2D eigenvalue weighted by atomic mass is 32.2. The summed E-state index contributed by atoms with van der Waals surface area (Å²) in [5, 5.41) is 0.589. The molecular formula is C17H15N3O2S. The molecular weight excluding hydrogens is 310 g/mol. The number of thioether (sulfide) groups is 1. The standard InChI is InChI=1S/C17H15N3O2S/c1-3-9-20-16(21)14(11-13-7-5-10-22-13)23-17(20)19-15-8-4-6-12(2)18-15/h3-8,10-11H,1,9H2,2H3/b14-11+,19-17+. The number of hydrogen-bond acceptors (Lipinski definition) is 5. The second-order valence-corrected chi connectivity index (χ2v) is 5.87. The normalized spacial score (nSPS) is 18.1. The van der Waals surface area contributed by atoms with E-state index in [2.05, 4.69) is 16.6 Å². The summed E-state index contributed by atoms with van der Waals surface area (Å²) in [7, 11) is 0. The van der Waals surface area contributed by atoms with Gasteiger partial charge in [-0.15, -0.1) is 6.58 Å². The molecule has 0 spiro atoms. The summed E-state index contributed by atoms with van der Waals surface area (Å²) >= 11 is 1.31. The summed E-state index contributed by atoms with van der Waals surface area (Å²) in [4.78, 5) is 23.5. The molecule has 0 aromatic carbocycles. The molecule has 2 aromatic rings. The highest BCUT2D eigenvalue weighted by molar-refractivity contribution is 8.18. The van der Waals surface area contributed by atoms with Gasteiger partial charge in [0.1, 0.15) is 5.76 Å². The van der Waals surface area contributed by atoms with E-state index in [0.717, 1.165) is 5.69 Å². The zero-order valence-corrected chi connectivity index (χ0v) is 13.4. The molecule has 0 aliphatic carbocycles. The van der Waals surface area contributed by atoms with E-state index in [4.69, 9.17) is 4.42 Å². The topological polar surface area (TPSA) is 58.7 Å². The van der Waals surface area contributed by atoms with Crippen LogP contribution < -0.4 is 0 Å². The maximum absolute atomic E-state index is 12.5. The Morgan fingerprint density at radius 1 is 1.39 bits per heavy atom. The van der Waals surface area contributed by atoms with E-state index in [1.165, 1.54) is 11.8 Å². The fourth-order valence-corrected chi connectivity index (χ4v) is 3.05. The molecule has 0 bridgehead atoms. The summed E-state index contributed by atoms with van der Waals surface area (Å²) in [6.07, 6.45) is 4.96. The van der Waals surface area contributed by atoms with Crippen LogP contribution >= 0.6 is 11.8 Å². The van der Waals surface area contributed by atoms with Crippen LogP contribution in [0.15, 0.2) is 63.6 Å². The Morgan fingerprint density at radius 2 is 2.26 bits per heavy atom. The molecule has 0 unspecified atom stereocenters. The van der Waals surface area contributed by atoms with Crippen molar-refractivity contribution < 1.29 is 9.21 Å². The fraction of sp³-hybridized carbons (Fsp3) is 0.118. The lowest BCUT2D eigenvalue weighted by Crippen LogP contribution is -2.29. The molecule has 0 N–H and O–H groups in total. The number of hydrogen-bond donors (Lipinski definition) is 0. The molecule has 2 aromatic heterocycles. The number of rotatable bonds is 4. The average molecular weight is 325 g/mol. The van der Waals surface area contributed by atoms with Gasteiger partial charge in [-0.05, 0) is 43.0 Å². The zero-order valence-electron chi connectivity index (χ0n) is 12.6. The highest BCUT2D eigenvalue weighted by Crippen LogP contribution is 2.33. The second kappa shape index (κ2) is 6.66. The van der Waals surface area contributed by atoms with Crippen molar-refractivity contribution in [2.45, 2.75) is 6.92 Å². The van der Waals surface area contributed by atoms with Gasteiger partial charge < -0.3 is 4.42 Å². The molecule has 1 aliphatic heterocycles. The Kier molecular flexibility index (Phi) is 4.43. The van der Waals surface area contributed by atoms with Gasteiger partial charge in [-0.25, -0.2) is 9.98 Å². The van der Waals surface area contributed by atoms with E-state index in [1.54, 1.807) is 35.4 Å². The summed E-state index contributed by atoms with van der Waals surface area (Å²) in [5.74, 6) is 1.10. The minimum Gasteiger partial charge on any atom is -0.465 e. The molecule has 3 rings (SSSR count). The third kappa shape index (κ3) is 3.43.